The maximum Gasteiger partial charge on any atom is 0.280 e. The van der Waals surface area contributed by atoms with E-state index in [0.29, 0.717) is 0 Å². The minimum absolute atomic E-state index is 0.113. The minimum atomic E-state index is -2.69. The maximum atomic E-state index is 12.3. The molecule has 0 amide bonds. The SMILES string of the molecule is N#CCc1c(Cl)ccnc1C(F)F. The highest BCUT2D eigenvalue weighted by atomic mass is 35.5. The van der Waals surface area contributed by atoms with Crippen molar-refractivity contribution in [2.24, 2.45) is 0 Å². The second-order valence-electron chi connectivity index (χ2n) is 2.29. The van der Waals surface area contributed by atoms with Crippen molar-refractivity contribution in [3.8, 4) is 6.07 Å². The van der Waals surface area contributed by atoms with Crippen LogP contribution in [0.1, 0.15) is 17.7 Å². The Hall–Kier alpha value is -1.21. The van der Waals surface area contributed by atoms with Crippen LogP contribution < -0.4 is 0 Å². The molecule has 0 saturated heterocycles. The maximum absolute atomic E-state index is 12.3. The molecule has 0 bridgehead atoms. The molecule has 0 spiro atoms. The molecule has 0 saturated carbocycles. The predicted molar refractivity (Wildman–Crippen MR) is 43.5 cm³/mol. The van der Waals surface area contributed by atoms with Gasteiger partial charge in [-0.15, -0.1) is 0 Å². The van der Waals surface area contributed by atoms with E-state index in [0.717, 1.165) is 0 Å². The Labute approximate surface area is 78.8 Å². The van der Waals surface area contributed by atoms with Crippen molar-refractivity contribution in [2.45, 2.75) is 12.8 Å². The zero-order valence-electron chi connectivity index (χ0n) is 6.47. The molecule has 0 aromatic carbocycles. The third kappa shape index (κ3) is 2.13. The van der Waals surface area contributed by atoms with E-state index < -0.39 is 12.1 Å². The molecule has 1 aromatic rings. The first-order valence-corrected chi connectivity index (χ1v) is 3.83. The Morgan fingerprint density at radius 3 is 2.85 bits per heavy atom. The van der Waals surface area contributed by atoms with Gasteiger partial charge in [0, 0.05) is 16.8 Å². The smallest absolute Gasteiger partial charge is 0.255 e. The van der Waals surface area contributed by atoms with E-state index in [9.17, 15) is 8.78 Å². The Morgan fingerprint density at radius 1 is 1.62 bits per heavy atom. The van der Waals surface area contributed by atoms with Gasteiger partial charge in [0.15, 0.2) is 0 Å². The second kappa shape index (κ2) is 4.15. The first-order chi connectivity index (χ1) is 6.16. The highest BCUT2D eigenvalue weighted by Gasteiger charge is 2.16. The van der Waals surface area contributed by atoms with Gasteiger partial charge in [0.2, 0.25) is 0 Å². The first-order valence-electron chi connectivity index (χ1n) is 3.45. The van der Waals surface area contributed by atoms with Gasteiger partial charge in [-0.2, -0.15) is 5.26 Å². The summed E-state index contributed by atoms with van der Waals surface area (Å²) < 4.78 is 24.6. The zero-order chi connectivity index (χ0) is 9.84. The number of rotatable bonds is 2. The van der Waals surface area contributed by atoms with Gasteiger partial charge >= 0.3 is 0 Å². The van der Waals surface area contributed by atoms with Crippen LogP contribution in [0.4, 0.5) is 8.78 Å². The molecular weight excluding hydrogens is 198 g/mol. The number of hydrogen-bond acceptors (Lipinski definition) is 2. The molecule has 1 heterocycles. The standard InChI is InChI=1S/C8H5ClF2N2/c9-6-2-4-13-7(8(10)11)5(6)1-3-12/h2,4,8H,1H2. The Morgan fingerprint density at radius 2 is 2.31 bits per heavy atom. The van der Waals surface area contributed by atoms with E-state index in [1.165, 1.54) is 12.3 Å². The molecule has 13 heavy (non-hydrogen) atoms. The summed E-state index contributed by atoms with van der Waals surface area (Å²) in [6.45, 7) is 0. The summed E-state index contributed by atoms with van der Waals surface area (Å²) >= 11 is 5.63. The lowest BCUT2D eigenvalue weighted by atomic mass is 10.1. The third-order valence-electron chi connectivity index (χ3n) is 1.49. The molecule has 0 radical (unpaired) electrons. The fraction of sp³-hybridized carbons (Fsp3) is 0.250. The topological polar surface area (TPSA) is 36.7 Å². The van der Waals surface area contributed by atoms with Crippen LogP contribution in [-0.4, -0.2) is 4.98 Å². The van der Waals surface area contributed by atoms with Crippen molar-refractivity contribution < 1.29 is 8.78 Å². The number of alkyl halides is 2. The average Bonchev–Trinajstić information content (AvgIpc) is 2.08. The number of pyridine rings is 1. The molecule has 0 aliphatic heterocycles. The average molecular weight is 203 g/mol. The highest BCUT2D eigenvalue weighted by molar-refractivity contribution is 6.31. The van der Waals surface area contributed by atoms with Crippen molar-refractivity contribution in [1.82, 2.24) is 4.98 Å². The van der Waals surface area contributed by atoms with Crippen molar-refractivity contribution in [3.05, 3.63) is 28.5 Å². The first kappa shape index (κ1) is 9.87. The summed E-state index contributed by atoms with van der Waals surface area (Å²) in [5.41, 5.74) is -0.296. The van der Waals surface area contributed by atoms with E-state index in [-0.39, 0.29) is 17.0 Å². The highest BCUT2D eigenvalue weighted by Crippen LogP contribution is 2.26. The monoisotopic (exact) mass is 202 g/mol. The third-order valence-corrected chi connectivity index (χ3v) is 1.85. The van der Waals surface area contributed by atoms with E-state index in [4.69, 9.17) is 16.9 Å². The van der Waals surface area contributed by atoms with Crippen LogP contribution >= 0.6 is 11.6 Å². The lowest BCUT2D eigenvalue weighted by molar-refractivity contribution is 0.145. The molecule has 2 nitrogen and oxygen atoms in total. The molecule has 1 rings (SSSR count). The van der Waals surface area contributed by atoms with Gasteiger partial charge in [0.1, 0.15) is 5.69 Å². The fourth-order valence-electron chi connectivity index (χ4n) is 0.926. The molecule has 5 heteroatoms. The molecule has 0 atom stereocenters. The van der Waals surface area contributed by atoms with E-state index in [1.54, 1.807) is 6.07 Å². The van der Waals surface area contributed by atoms with Gasteiger partial charge < -0.3 is 0 Å². The van der Waals surface area contributed by atoms with Crippen molar-refractivity contribution in [1.29, 1.82) is 5.26 Å². The zero-order valence-corrected chi connectivity index (χ0v) is 7.22. The van der Waals surface area contributed by atoms with Gasteiger partial charge in [-0.1, -0.05) is 11.6 Å². The Balaban J connectivity index is 3.19. The quantitative estimate of drug-likeness (QED) is 0.740. The van der Waals surface area contributed by atoms with Crippen LogP contribution in [-0.2, 0) is 6.42 Å². The number of nitriles is 1. The summed E-state index contributed by atoms with van der Waals surface area (Å²) in [5.74, 6) is 0. The van der Waals surface area contributed by atoms with Gasteiger partial charge in [-0.25, -0.2) is 8.78 Å². The molecule has 0 unspecified atom stereocenters. The number of nitrogens with zero attached hydrogens (tertiary/aromatic N) is 2. The lowest BCUT2D eigenvalue weighted by Gasteiger charge is -2.05. The van der Waals surface area contributed by atoms with Crippen LogP contribution in [0.25, 0.3) is 0 Å². The van der Waals surface area contributed by atoms with Crippen molar-refractivity contribution in [2.75, 3.05) is 0 Å². The number of aromatic nitrogens is 1. The minimum Gasteiger partial charge on any atom is -0.255 e. The molecular formula is C8H5ClF2N2. The van der Waals surface area contributed by atoms with E-state index >= 15 is 0 Å². The molecule has 0 N–H and O–H groups in total. The Bertz CT molecular complexity index is 346. The summed E-state index contributed by atoms with van der Waals surface area (Å²) in [6.07, 6.45) is -1.64. The fourth-order valence-corrected chi connectivity index (χ4v) is 1.15. The number of halogens is 3. The van der Waals surface area contributed by atoms with Crippen molar-refractivity contribution >= 4 is 11.6 Å². The molecule has 1 aromatic heterocycles. The van der Waals surface area contributed by atoms with E-state index in [2.05, 4.69) is 4.98 Å². The van der Waals surface area contributed by atoms with Crippen LogP contribution in [0.5, 0.6) is 0 Å². The predicted octanol–water partition coefficient (Wildman–Crippen LogP) is 2.74. The lowest BCUT2D eigenvalue weighted by Crippen LogP contribution is -1.98. The van der Waals surface area contributed by atoms with Crippen molar-refractivity contribution in [3.63, 3.8) is 0 Å². The normalized spacial score (nSPS) is 10.1. The van der Waals surface area contributed by atoms with Gasteiger partial charge in [-0.3, -0.25) is 4.98 Å². The summed E-state index contributed by atoms with van der Waals surface area (Å²) in [5, 5.41) is 8.53. The largest absolute Gasteiger partial charge is 0.280 e. The summed E-state index contributed by atoms with van der Waals surface area (Å²) in [4.78, 5) is 3.47. The summed E-state index contributed by atoms with van der Waals surface area (Å²) in [7, 11) is 0. The molecule has 0 aliphatic rings. The van der Waals surface area contributed by atoms with Gasteiger partial charge in [-0.05, 0) is 6.07 Å². The second-order valence-corrected chi connectivity index (χ2v) is 2.70. The Kier molecular flexibility index (Phi) is 3.15. The summed E-state index contributed by atoms with van der Waals surface area (Å²) in [6, 6.07) is 3.15. The van der Waals surface area contributed by atoms with E-state index in [1.807, 2.05) is 0 Å². The molecule has 68 valence electrons. The van der Waals surface area contributed by atoms with Crippen LogP contribution in [0.2, 0.25) is 5.02 Å². The molecule has 0 aliphatic carbocycles. The van der Waals surface area contributed by atoms with Crippen LogP contribution in [0.3, 0.4) is 0 Å². The van der Waals surface area contributed by atoms with Gasteiger partial charge in [0.05, 0.1) is 12.5 Å². The van der Waals surface area contributed by atoms with Crippen LogP contribution in [0, 0.1) is 11.3 Å². The van der Waals surface area contributed by atoms with Gasteiger partial charge in [0.25, 0.3) is 6.43 Å². The number of hydrogen-bond donors (Lipinski definition) is 0. The van der Waals surface area contributed by atoms with Crippen LogP contribution in [0.15, 0.2) is 12.3 Å². The molecule has 0 fully saturated rings.